The summed E-state index contributed by atoms with van der Waals surface area (Å²) in [5.41, 5.74) is 1.31. The highest BCUT2D eigenvalue weighted by Gasteiger charge is 2.08. The van der Waals surface area contributed by atoms with Gasteiger partial charge in [0, 0.05) is 18.4 Å². The molecule has 0 aliphatic carbocycles. The molecule has 0 spiro atoms. The van der Waals surface area contributed by atoms with Crippen molar-refractivity contribution >= 4 is 11.6 Å². The first-order valence-corrected chi connectivity index (χ1v) is 7.15. The summed E-state index contributed by atoms with van der Waals surface area (Å²) in [5, 5.41) is 6.08. The van der Waals surface area contributed by atoms with Crippen molar-refractivity contribution in [1.82, 2.24) is 10.3 Å². The number of hydrogen-bond acceptors (Lipinski definition) is 4. The molecule has 2 N–H and O–H groups in total. The van der Waals surface area contributed by atoms with E-state index in [0.717, 1.165) is 24.4 Å². The maximum Gasteiger partial charge on any atom is 0.270 e. The summed E-state index contributed by atoms with van der Waals surface area (Å²) in [4.78, 5) is 16.1. The number of carbonyl (C=O) groups is 1. The zero-order valence-electron chi connectivity index (χ0n) is 12.4. The first kappa shape index (κ1) is 15.1. The Bertz CT molecular complexity index is 565. The highest BCUT2D eigenvalue weighted by atomic mass is 16.3. The van der Waals surface area contributed by atoms with Crippen LogP contribution in [-0.4, -0.2) is 17.4 Å². The van der Waals surface area contributed by atoms with Crippen LogP contribution in [0.3, 0.4) is 0 Å². The van der Waals surface area contributed by atoms with Crippen molar-refractivity contribution in [2.45, 2.75) is 26.8 Å². The van der Waals surface area contributed by atoms with Gasteiger partial charge in [0.25, 0.3) is 5.91 Å². The molecule has 2 heterocycles. The zero-order valence-corrected chi connectivity index (χ0v) is 12.4. The molecule has 0 atom stereocenters. The molecule has 0 aromatic carbocycles. The van der Waals surface area contributed by atoms with Crippen LogP contribution in [0.4, 0.5) is 5.69 Å². The lowest BCUT2D eigenvalue weighted by atomic mass is 10.1. The van der Waals surface area contributed by atoms with Crippen LogP contribution < -0.4 is 10.6 Å². The number of nitrogens with one attached hydrogen (secondary N) is 2. The molecule has 0 saturated heterocycles. The second kappa shape index (κ2) is 7.47. The van der Waals surface area contributed by atoms with Crippen LogP contribution >= 0.6 is 0 Å². The van der Waals surface area contributed by atoms with Gasteiger partial charge in [-0.05, 0) is 36.6 Å². The molecule has 0 aliphatic rings. The Kier molecular flexibility index (Phi) is 5.37. The number of amides is 1. The number of nitrogens with zero attached hydrogens (tertiary/aromatic N) is 1. The van der Waals surface area contributed by atoms with Crippen LogP contribution in [0.1, 0.15) is 36.5 Å². The van der Waals surface area contributed by atoms with Crippen molar-refractivity contribution in [3.63, 3.8) is 0 Å². The standard InChI is InChI=1S/C16H21N3O2/c1-12(2)5-7-17-13-6-8-18-15(10-13)16(20)19-11-14-4-3-9-21-14/h3-4,6,8-10,12H,5,7,11H2,1-2H3,(H,17,18)(H,19,20). The van der Waals surface area contributed by atoms with Gasteiger partial charge < -0.3 is 15.1 Å². The molecule has 0 fully saturated rings. The van der Waals surface area contributed by atoms with E-state index in [1.165, 1.54) is 0 Å². The third-order valence-electron chi connectivity index (χ3n) is 3.05. The summed E-state index contributed by atoms with van der Waals surface area (Å²) in [6.07, 6.45) is 4.31. The van der Waals surface area contributed by atoms with Crippen LogP contribution in [0.5, 0.6) is 0 Å². The van der Waals surface area contributed by atoms with Gasteiger partial charge in [-0.3, -0.25) is 9.78 Å². The molecule has 2 rings (SSSR count). The Labute approximate surface area is 124 Å². The van der Waals surface area contributed by atoms with Crippen LogP contribution in [0.15, 0.2) is 41.1 Å². The molecular weight excluding hydrogens is 266 g/mol. The third-order valence-corrected chi connectivity index (χ3v) is 3.05. The minimum absolute atomic E-state index is 0.209. The van der Waals surface area contributed by atoms with Gasteiger partial charge in [0.2, 0.25) is 0 Å². The van der Waals surface area contributed by atoms with E-state index in [4.69, 9.17) is 4.42 Å². The maximum atomic E-state index is 12.0. The van der Waals surface area contributed by atoms with E-state index in [2.05, 4.69) is 29.5 Å². The fraction of sp³-hybridized carbons (Fsp3) is 0.375. The van der Waals surface area contributed by atoms with Gasteiger partial charge in [-0.1, -0.05) is 13.8 Å². The SMILES string of the molecule is CC(C)CCNc1ccnc(C(=O)NCc2ccco2)c1. The van der Waals surface area contributed by atoms with E-state index < -0.39 is 0 Å². The fourth-order valence-corrected chi connectivity index (χ4v) is 1.84. The van der Waals surface area contributed by atoms with Gasteiger partial charge >= 0.3 is 0 Å². The molecule has 0 radical (unpaired) electrons. The number of pyridine rings is 1. The van der Waals surface area contributed by atoms with Gasteiger partial charge in [0.1, 0.15) is 11.5 Å². The predicted octanol–water partition coefficient (Wildman–Crippen LogP) is 3.06. The smallest absolute Gasteiger partial charge is 0.270 e. The Balaban J connectivity index is 1.88. The Morgan fingerprint density at radius 3 is 2.95 bits per heavy atom. The van der Waals surface area contributed by atoms with Crippen molar-refractivity contribution in [2.75, 3.05) is 11.9 Å². The van der Waals surface area contributed by atoms with Gasteiger partial charge in [-0.15, -0.1) is 0 Å². The first-order valence-electron chi connectivity index (χ1n) is 7.15. The van der Waals surface area contributed by atoms with Crippen LogP contribution in [0.25, 0.3) is 0 Å². The molecule has 112 valence electrons. The van der Waals surface area contributed by atoms with Crippen molar-refractivity contribution in [3.05, 3.63) is 48.2 Å². The summed E-state index contributed by atoms with van der Waals surface area (Å²) >= 11 is 0. The molecule has 21 heavy (non-hydrogen) atoms. The summed E-state index contributed by atoms with van der Waals surface area (Å²) in [6, 6.07) is 7.23. The number of aromatic nitrogens is 1. The summed E-state index contributed by atoms with van der Waals surface area (Å²) in [7, 11) is 0. The van der Waals surface area contributed by atoms with Gasteiger partial charge in [0.05, 0.1) is 12.8 Å². The monoisotopic (exact) mass is 287 g/mol. The van der Waals surface area contributed by atoms with Crippen molar-refractivity contribution in [3.8, 4) is 0 Å². The second-order valence-corrected chi connectivity index (χ2v) is 5.30. The van der Waals surface area contributed by atoms with E-state index in [9.17, 15) is 4.79 Å². The second-order valence-electron chi connectivity index (χ2n) is 5.30. The van der Waals surface area contributed by atoms with Crippen molar-refractivity contribution in [1.29, 1.82) is 0 Å². The van der Waals surface area contributed by atoms with Crippen LogP contribution in [0.2, 0.25) is 0 Å². The van der Waals surface area contributed by atoms with Gasteiger partial charge in [0.15, 0.2) is 0 Å². The van der Waals surface area contributed by atoms with Crippen molar-refractivity contribution < 1.29 is 9.21 Å². The molecule has 2 aromatic heterocycles. The molecule has 0 aliphatic heterocycles. The number of carbonyl (C=O) groups excluding carboxylic acids is 1. The van der Waals surface area contributed by atoms with Crippen LogP contribution in [-0.2, 0) is 6.54 Å². The summed E-state index contributed by atoms with van der Waals surface area (Å²) in [6.45, 7) is 5.61. The average Bonchev–Trinajstić information content (AvgIpc) is 2.98. The highest BCUT2D eigenvalue weighted by molar-refractivity contribution is 5.92. The van der Waals surface area contributed by atoms with E-state index in [1.54, 1.807) is 24.6 Å². The normalized spacial score (nSPS) is 10.6. The molecule has 1 amide bonds. The first-order chi connectivity index (χ1) is 10.1. The molecule has 2 aromatic rings. The molecule has 0 bridgehead atoms. The average molecular weight is 287 g/mol. The lowest BCUT2D eigenvalue weighted by Gasteiger charge is -2.09. The highest BCUT2D eigenvalue weighted by Crippen LogP contribution is 2.09. The summed E-state index contributed by atoms with van der Waals surface area (Å²) in [5.74, 6) is 1.16. The third kappa shape index (κ3) is 4.95. The van der Waals surface area contributed by atoms with Crippen molar-refractivity contribution in [2.24, 2.45) is 5.92 Å². The Morgan fingerprint density at radius 2 is 2.24 bits per heavy atom. The minimum Gasteiger partial charge on any atom is -0.467 e. The largest absolute Gasteiger partial charge is 0.467 e. The molecular formula is C16H21N3O2. The quantitative estimate of drug-likeness (QED) is 0.821. The number of anilines is 1. The zero-order chi connectivity index (χ0) is 15.1. The maximum absolute atomic E-state index is 12.0. The van der Waals surface area contributed by atoms with E-state index in [1.807, 2.05) is 12.1 Å². The topological polar surface area (TPSA) is 67.2 Å². The number of rotatable bonds is 7. The van der Waals surface area contributed by atoms with E-state index >= 15 is 0 Å². The Hall–Kier alpha value is -2.30. The number of hydrogen-bond donors (Lipinski definition) is 2. The van der Waals surface area contributed by atoms with Crippen LogP contribution in [0, 0.1) is 5.92 Å². The molecule has 5 heteroatoms. The fourth-order valence-electron chi connectivity index (χ4n) is 1.84. The number of furan rings is 1. The predicted molar refractivity (Wildman–Crippen MR) is 82.1 cm³/mol. The molecule has 0 unspecified atom stereocenters. The summed E-state index contributed by atoms with van der Waals surface area (Å²) < 4.78 is 5.17. The lowest BCUT2D eigenvalue weighted by Crippen LogP contribution is -2.23. The van der Waals surface area contributed by atoms with Gasteiger partial charge in [-0.25, -0.2) is 0 Å². The van der Waals surface area contributed by atoms with E-state index in [-0.39, 0.29) is 5.91 Å². The van der Waals surface area contributed by atoms with Gasteiger partial charge in [-0.2, -0.15) is 0 Å². The Morgan fingerprint density at radius 1 is 1.38 bits per heavy atom. The lowest BCUT2D eigenvalue weighted by molar-refractivity contribution is 0.0943. The van der Waals surface area contributed by atoms with E-state index in [0.29, 0.717) is 18.2 Å². The molecule has 5 nitrogen and oxygen atoms in total. The minimum atomic E-state index is -0.209. The molecule has 0 saturated carbocycles.